The van der Waals surface area contributed by atoms with Gasteiger partial charge in [-0.1, -0.05) is 0 Å². The minimum Gasteiger partial charge on any atom is -0.378 e. The van der Waals surface area contributed by atoms with E-state index in [-0.39, 0.29) is 11.8 Å². The van der Waals surface area contributed by atoms with Crippen LogP contribution in [0.2, 0.25) is 0 Å². The van der Waals surface area contributed by atoms with Gasteiger partial charge in [-0.05, 0) is 13.3 Å². The average molecular weight is 333 g/mol. The number of aromatic nitrogens is 2. The molecule has 8 nitrogen and oxygen atoms in total. The summed E-state index contributed by atoms with van der Waals surface area (Å²) in [5.41, 5.74) is 0.750. The van der Waals surface area contributed by atoms with Crippen LogP contribution < -0.4 is 10.2 Å². The zero-order valence-electron chi connectivity index (χ0n) is 13.9. The van der Waals surface area contributed by atoms with Crippen molar-refractivity contribution in [3.8, 4) is 0 Å². The second kappa shape index (κ2) is 7.57. The molecule has 2 fully saturated rings. The molecule has 8 heteroatoms. The van der Waals surface area contributed by atoms with E-state index in [1.54, 1.807) is 11.8 Å². The molecule has 130 valence electrons. The van der Waals surface area contributed by atoms with Gasteiger partial charge in [0.15, 0.2) is 0 Å². The first-order valence-corrected chi connectivity index (χ1v) is 8.36. The molecule has 0 bridgehead atoms. The van der Waals surface area contributed by atoms with Crippen LogP contribution in [0.4, 0.5) is 5.82 Å². The first-order valence-electron chi connectivity index (χ1n) is 8.36. The Morgan fingerprint density at radius 1 is 1.33 bits per heavy atom. The molecule has 1 aromatic rings. The van der Waals surface area contributed by atoms with Crippen molar-refractivity contribution in [3.05, 3.63) is 18.1 Å². The largest absolute Gasteiger partial charge is 0.378 e. The van der Waals surface area contributed by atoms with E-state index < -0.39 is 6.04 Å². The van der Waals surface area contributed by atoms with Crippen LogP contribution in [-0.2, 0) is 20.9 Å². The number of rotatable bonds is 5. The van der Waals surface area contributed by atoms with E-state index in [4.69, 9.17) is 4.74 Å². The maximum Gasteiger partial charge on any atom is 0.242 e. The number of hydrogen-bond donors (Lipinski definition) is 1. The Bertz CT molecular complexity index is 603. The lowest BCUT2D eigenvalue weighted by Crippen LogP contribution is -2.45. The van der Waals surface area contributed by atoms with Crippen molar-refractivity contribution < 1.29 is 14.3 Å². The summed E-state index contributed by atoms with van der Waals surface area (Å²) in [6.07, 6.45) is 2.87. The number of carbonyl (C=O) groups is 2. The highest BCUT2D eigenvalue weighted by Gasteiger charge is 2.29. The van der Waals surface area contributed by atoms with Gasteiger partial charge in [-0.15, -0.1) is 0 Å². The van der Waals surface area contributed by atoms with Gasteiger partial charge in [0.2, 0.25) is 11.8 Å². The maximum atomic E-state index is 12.3. The molecule has 0 unspecified atom stereocenters. The zero-order chi connectivity index (χ0) is 16.9. The van der Waals surface area contributed by atoms with Gasteiger partial charge in [0.05, 0.1) is 25.5 Å². The topological polar surface area (TPSA) is 87.7 Å². The number of ether oxygens (including phenoxy) is 1. The Morgan fingerprint density at radius 3 is 2.83 bits per heavy atom. The van der Waals surface area contributed by atoms with E-state index in [1.165, 1.54) is 6.33 Å². The lowest BCUT2D eigenvalue weighted by Gasteiger charge is -2.27. The minimum absolute atomic E-state index is 0.0503. The molecular formula is C16H23N5O3. The zero-order valence-corrected chi connectivity index (χ0v) is 13.9. The molecule has 0 saturated carbocycles. The Labute approximate surface area is 141 Å². The Morgan fingerprint density at radius 2 is 2.12 bits per heavy atom. The Kier molecular flexibility index (Phi) is 5.24. The van der Waals surface area contributed by atoms with E-state index >= 15 is 0 Å². The van der Waals surface area contributed by atoms with E-state index in [0.29, 0.717) is 32.7 Å². The fourth-order valence-corrected chi connectivity index (χ4v) is 2.99. The summed E-state index contributed by atoms with van der Waals surface area (Å²) in [5, 5.41) is 2.86. The first kappa shape index (κ1) is 16.6. The molecule has 24 heavy (non-hydrogen) atoms. The summed E-state index contributed by atoms with van der Waals surface area (Å²) >= 11 is 0. The highest BCUT2D eigenvalue weighted by atomic mass is 16.5. The molecule has 0 aromatic carbocycles. The van der Waals surface area contributed by atoms with Crippen LogP contribution in [0.5, 0.6) is 0 Å². The molecule has 3 heterocycles. The van der Waals surface area contributed by atoms with Crippen molar-refractivity contribution in [2.45, 2.75) is 32.4 Å². The number of morpholine rings is 1. The number of likely N-dealkylation sites (tertiary alicyclic amines) is 1. The smallest absolute Gasteiger partial charge is 0.242 e. The molecule has 0 spiro atoms. The second-order valence-corrected chi connectivity index (χ2v) is 6.05. The third kappa shape index (κ3) is 3.81. The average Bonchev–Trinajstić information content (AvgIpc) is 3.06. The van der Waals surface area contributed by atoms with Crippen molar-refractivity contribution in [1.82, 2.24) is 20.2 Å². The van der Waals surface area contributed by atoms with Gasteiger partial charge in [-0.3, -0.25) is 9.59 Å². The number of nitrogens with zero attached hydrogens (tertiary/aromatic N) is 4. The molecule has 2 aliphatic rings. The molecule has 1 N–H and O–H groups in total. The summed E-state index contributed by atoms with van der Waals surface area (Å²) in [6, 6.07) is 1.44. The fraction of sp³-hybridized carbons (Fsp3) is 0.625. The van der Waals surface area contributed by atoms with Gasteiger partial charge >= 0.3 is 0 Å². The Balaban J connectivity index is 1.56. The summed E-state index contributed by atoms with van der Waals surface area (Å²) in [6.45, 7) is 5.73. The summed E-state index contributed by atoms with van der Waals surface area (Å²) in [5.74, 6) is 0.742. The van der Waals surface area contributed by atoms with Crippen molar-refractivity contribution in [2.75, 3.05) is 37.7 Å². The van der Waals surface area contributed by atoms with Gasteiger partial charge in [0.25, 0.3) is 0 Å². The SMILES string of the molecule is C[C@H](C(=O)NCc1cc(N2CCOCC2)ncn1)N1CCCC1=O. The van der Waals surface area contributed by atoms with Crippen molar-refractivity contribution in [3.63, 3.8) is 0 Å². The standard InChI is InChI=1S/C16H23N5O3/c1-12(21-4-2-3-15(21)22)16(23)17-10-13-9-14(19-11-18-13)20-5-7-24-8-6-20/h9,11-12H,2-8,10H2,1H3,(H,17,23)/t12-/m1/s1. The molecule has 2 saturated heterocycles. The normalized spacial score (nSPS) is 19.5. The molecular weight excluding hydrogens is 310 g/mol. The highest BCUT2D eigenvalue weighted by molar-refractivity contribution is 5.88. The van der Waals surface area contributed by atoms with Crippen LogP contribution in [0.3, 0.4) is 0 Å². The van der Waals surface area contributed by atoms with Crippen LogP contribution in [-0.4, -0.2) is 65.6 Å². The van der Waals surface area contributed by atoms with E-state index in [1.807, 2.05) is 6.07 Å². The molecule has 3 rings (SSSR count). The van der Waals surface area contributed by atoms with Crippen LogP contribution in [0.15, 0.2) is 12.4 Å². The molecule has 0 radical (unpaired) electrons. The van der Waals surface area contributed by atoms with Crippen LogP contribution >= 0.6 is 0 Å². The van der Waals surface area contributed by atoms with Gasteiger partial charge in [0, 0.05) is 32.1 Å². The van der Waals surface area contributed by atoms with Crippen molar-refractivity contribution >= 4 is 17.6 Å². The lowest BCUT2D eigenvalue weighted by molar-refractivity contribution is -0.136. The molecule has 0 aliphatic carbocycles. The number of anilines is 1. The molecule has 2 aliphatic heterocycles. The number of hydrogen-bond acceptors (Lipinski definition) is 6. The predicted octanol–water partition coefficient (Wildman–Crippen LogP) is -0.0597. The van der Waals surface area contributed by atoms with Gasteiger partial charge in [-0.2, -0.15) is 0 Å². The molecule has 2 amide bonds. The second-order valence-electron chi connectivity index (χ2n) is 6.05. The number of carbonyl (C=O) groups excluding carboxylic acids is 2. The lowest BCUT2D eigenvalue weighted by atomic mass is 10.2. The Hall–Kier alpha value is -2.22. The van der Waals surface area contributed by atoms with Gasteiger partial charge in [-0.25, -0.2) is 9.97 Å². The quantitative estimate of drug-likeness (QED) is 0.812. The van der Waals surface area contributed by atoms with Crippen molar-refractivity contribution in [1.29, 1.82) is 0 Å². The third-order valence-corrected chi connectivity index (χ3v) is 4.45. The van der Waals surface area contributed by atoms with Gasteiger partial charge < -0.3 is 19.9 Å². The third-order valence-electron chi connectivity index (χ3n) is 4.45. The van der Waals surface area contributed by atoms with Crippen LogP contribution in [0, 0.1) is 0 Å². The maximum absolute atomic E-state index is 12.3. The molecule has 1 aromatic heterocycles. The van der Waals surface area contributed by atoms with Crippen molar-refractivity contribution in [2.24, 2.45) is 0 Å². The number of nitrogens with one attached hydrogen (secondary N) is 1. The summed E-state index contributed by atoms with van der Waals surface area (Å²) in [7, 11) is 0. The highest BCUT2D eigenvalue weighted by Crippen LogP contribution is 2.14. The minimum atomic E-state index is -0.444. The van der Waals surface area contributed by atoms with Crippen LogP contribution in [0.1, 0.15) is 25.5 Å². The van der Waals surface area contributed by atoms with Gasteiger partial charge in [0.1, 0.15) is 18.2 Å². The fourth-order valence-electron chi connectivity index (χ4n) is 2.99. The molecule has 1 atom stereocenters. The number of amides is 2. The first-order chi connectivity index (χ1) is 11.6. The summed E-state index contributed by atoms with van der Waals surface area (Å²) in [4.78, 5) is 36.3. The summed E-state index contributed by atoms with van der Waals surface area (Å²) < 4.78 is 5.34. The predicted molar refractivity (Wildman–Crippen MR) is 87.3 cm³/mol. The van der Waals surface area contributed by atoms with Crippen LogP contribution in [0.25, 0.3) is 0 Å². The van der Waals surface area contributed by atoms with E-state index in [9.17, 15) is 9.59 Å². The van der Waals surface area contributed by atoms with E-state index in [0.717, 1.165) is 31.0 Å². The monoisotopic (exact) mass is 333 g/mol. The van der Waals surface area contributed by atoms with E-state index in [2.05, 4.69) is 20.2 Å².